The van der Waals surface area contributed by atoms with Gasteiger partial charge in [0.1, 0.15) is 6.04 Å². The second kappa shape index (κ2) is 7.29. The van der Waals surface area contributed by atoms with E-state index in [2.05, 4.69) is 43.7 Å². The van der Waals surface area contributed by atoms with Crippen molar-refractivity contribution in [1.82, 2.24) is 0 Å². The van der Waals surface area contributed by atoms with Gasteiger partial charge in [0.25, 0.3) is 0 Å². The lowest BCUT2D eigenvalue weighted by atomic mass is 9.92. The molecular weight excluding hydrogens is 238 g/mol. The molecule has 2 unspecified atom stereocenters. The Labute approximate surface area is 116 Å². The Kier molecular flexibility index (Phi) is 6.03. The Morgan fingerprint density at radius 2 is 2.05 bits per heavy atom. The molecule has 1 rings (SSSR count). The van der Waals surface area contributed by atoms with Crippen LogP contribution in [0.1, 0.15) is 36.5 Å². The third-order valence-corrected chi connectivity index (χ3v) is 3.78. The van der Waals surface area contributed by atoms with E-state index in [1.807, 2.05) is 0 Å². The second-order valence-corrected chi connectivity index (χ2v) is 5.37. The van der Waals surface area contributed by atoms with E-state index >= 15 is 0 Å². The van der Waals surface area contributed by atoms with Crippen molar-refractivity contribution in [3.63, 3.8) is 0 Å². The third kappa shape index (κ3) is 4.67. The minimum absolute atomic E-state index is 0.321. The number of rotatable bonds is 6. The van der Waals surface area contributed by atoms with Crippen LogP contribution in [0.4, 0.5) is 0 Å². The lowest BCUT2D eigenvalue weighted by molar-refractivity contribution is -0.142. The summed E-state index contributed by atoms with van der Waals surface area (Å²) in [5.74, 6) is 0.0904. The van der Waals surface area contributed by atoms with E-state index in [1.165, 1.54) is 23.8 Å². The first-order valence-corrected chi connectivity index (χ1v) is 6.84. The van der Waals surface area contributed by atoms with Gasteiger partial charge in [-0.3, -0.25) is 4.79 Å². The van der Waals surface area contributed by atoms with Crippen LogP contribution < -0.4 is 5.73 Å². The highest BCUT2D eigenvalue weighted by molar-refractivity contribution is 5.75. The molecule has 0 aromatic heterocycles. The van der Waals surface area contributed by atoms with Gasteiger partial charge in [0.05, 0.1) is 7.11 Å². The maximum Gasteiger partial charge on any atom is 0.322 e. The quantitative estimate of drug-likeness (QED) is 0.803. The van der Waals surface area contributed by atoms with Crippen LogP contribution in [0.25, 0.3) is 0 Å². The van der Waals surface area contributed by atoms with Crippen LogP contribution >= 0.6 is 0 Å². The molecule has 2 atom stereocenters. The van der Waals surface area contributed by atoms with E-state index < -0.39 is 6.04 Å². The lowest BCUT2D eigenvalue weighted by Gasteiger charge is -2.16. The Hall–Kier alpha value is -1.35. The number of hydrogen-bond donors (Lipinski definition) is 1. The van der Waals surface area contributed by atoms with Gasteiger partial charge in [-0.15, -0.1) is 0 Å². The van der Waals surface area contributed by atoms with Crippen LogP contribution in [0.2, 0.25) is 0 Å². The van der Waals surface area contributed by atoms with E-state index in [0.29, 0.717) is 12.3 Å². The molecule has 1 aromatic carbocycles. The Balaban J connectivity index is 2.48. The van der Waals surface area contributed by atoms with Crippen LogP contribution in [-0.4, -0.2) is 19.1 Å². The van der Waals surface area contributed by atoms with E-state index in [0.717, 1.165) is 12.8 Å². The number of aryl methyl sites for hydroxylation is 2. The van der Waals surface area contributed by atoms with Crippen molar-refractivity contribution in [2.24, 2.45) is 11.7 Å². The second-order valence-electron chi connectivity index (χ2n) is 5.37. The van der Waals surface area contributed by atoms with E-state index in [4.69, 9.17) is 5.73 Å². The van der Waals surface area contributed by atoms with Crippen LogP contribution in [-0.2, 0) is 16.0 Å². The van der Waals surface area contributed by atoms with E-state index in [1.54, 1.807) is 0 Å². The fraction of sp³-hybridized carbons (Fsp3) is 0.562. The molecule has 0 aliphatic rings. The fourth-order valence-corrected chi connectivity index (χ4v) is 2.28. The normalized spacial score (nSPS) is 13.9. The Morgan fingerprint density at radius 3 is 2.68 bits per heavy atom. The molecule has 2 N–H and O–H groups in total. The SMILES string of the molecule is COC(=O)C(N)CC(C)CCc1cccc(C)c1C. The number of nitrogens with two attached hydrogens (primary N) is 1. The third-order valence-electron chi connectivity index (χ3n) is 3.78. The standard InChI is InChI=1S/C16H25NO2/c1-11(10-15(17)16(18)19-4)8-9-14-7-5-6-12(2)13(14)3/h5-7,11,15H,8-10,17H2,1-4H3. The Bertz CT molecular complexity index is 429. The first kappa shape index (κ1) is 15.7. The molecule has 0 saturated heterocycles. The molecule has 0 aliphatic carbocycles. The van der Waals surface area contributed by atoms with Crippen molar-refractivity contribution < 1.29 is 9.53 Å². The minimum atomic E-state index is -0.501. The smallest absolute Gasteiger partial charge is 0.322 e. The molecule has 0 radical (unpaired) electrons. The summed E-state index contributed by atoms with van der Waals surface area (Å²) in [7, 11) is 1.38. The van der Waals surface area contributed by atoms with Crippen molar-refractivity contribution in [3.05, 3.63) is 34.9 Å². The van der Waals surface area contributed by atoms with Gasteiger partial charge in [-0.25, -0.2) is 0 Å². The summed E-state index contributed by atoms with van der Waals surface area (Å²) in [6.07, 6.45) is 2.75. The average molecular weight is 263 g/mol. The number of hydrogen-bond acceptors (Lipinski definition) is 3. The number of esters is 1. The van der Waals surface area contributed by atoms with E-state index in [9.17, 15) is 4.79 Å². The summed E-state index contributed by atoms with van der Waals surface area (Å²) in [4.78, 5) is 11.3. The maximum atomic E-state index is 11.3. The summed E-state index contributed by atoms with van der Waals surface area (Å²) < 4.78 is 4.65. The summed E-state index contributed by atoms with van der Waals surface area (Å²) in [6, 6.07) is 5.91. The summed E-state index contributed by atoms with van der Waals surface area (Å²) in [6.45, 7) is 6.43. The largest absolute Gasteiger partial charge is 0.468 e. The van der Waals surface area contributed by atoms with Crippen molar-refractivity contribution in [2.75, 3.05) is 7.11 Å². The van der Waals surface area contributed by atoms with Crippen molar-refractivity contribution >= 4 is 5.97 Å². The van der Waals surface area contributed by atoms with Crippen LogP contribution in [0.15, 0.2) is 18.2 Å². The topological polar surface area (TPSA) is 52.3 Å². The van der Waals surface area contributed by atoms with Gasteiger partial charge in [0.2, 0.25) is 0 Å². The highest BCUT2D eigenvalue weighted by Gasteiger charge is 2.17. The molecule has 106 valence electrons. The zero-order chi connectivity index (χ0) is 14.4. The van der Waals surface area contributed by atoms with Crippen LogP contribution in [0.3, 0.4) is 0 Å². The van der Waals surface area contributed by atoms with Gasteiger partial charge in [-0.2, -0.15) is 0 Å². The first-order chi connectivity index (χ1) is 8.95. The molecule has 3 heteroatoms. The molecule has 0 heterocycles. The predicted molar refractivity (Wildman–Crippen MR) is 78.0 cm³/mol. The number of carbonyl (C=O) groups excluding carboxylic acids is 1. The number of carbonyl (C=O) groups is 1. The molecule has 0 fully saturated rings. The van der Waals surface area contributed by atoms with E-state index in [-0.39, 0.29) is 5.97 Å². The zero-order valence-corrected chi connectivity index (χ0v) is 12.4. The van der Waals surface area contributed by atoms with Gasteiger partial charge in [0, 0.05) is 0 Å². The van der Waals surface area contributed by atoms with Crippen molar-refractivity contribution in [1.29, 1.82) is 0 Å². The van der Waals surface area contributed by atoms with Gasteiger partial charge in [-0.1, -0.05) is 25.1 Å². The molecule has 1 aromatic rings. The molecule has 0 spiro atoms. The number of benzene rings is 1. The summed E-state index contributed by atoms with van der Waals surface area (Å²) in [5, 5.41) is 0. The highest BCUT2D eigenvalue weighted by Crippen LogP contribution is 2.18. The van der Waals surface area contributed by atoms with Gasteiger partial charge < -0.3 is 10.5 Å². The van der Waals surface area contributed by atoms with Gasteiger partial charge in [-0.05, 0) is 55.7 Å². The number of ether oxygens (including phenoxy) is 1. The molecule has 0 amide bonds. The average Bonchev–Trinajstić information content (AvgIpc) is 2.39. The predicted octanol–water partition coefficient (Wildman–Crippen LogP) is 2.76. The van der Waals surface area contributed by atoms with Gasteiger partial charge in [0.15, 0.2) is 0 Å². The zero-order valence-electron chi connectivity index (χ0n) is 12.4. The molecule has 0 aliphatic heterocycles. The van der Waals surface area contributed by atoms with Crippen molar-refractivity contribution in [3.8, 4) is 0 Å². The van der Waals surface area contributed by atoms with Crippen LogP contribution in [0, 0.1) is 19.8 Å². The number of methoxy groups -OCH3 is 1. The summed E-state index contributed by atoms with van der Waals surface area (Å²) in [5.41, 5.74) is 9.86. The highest BCUT2D eigenvalue weighted by atomic mass is 16.5. The first-order valence-electron chi connectivity index (χ1n) is 6.84. The lowest BCUT2D eigenvalue weighted by Crippen LogP contribution is -2.33. The minimum Gasteiger partial charge on any atom is -0.468 e. The van der Waals surface area contributed by atoms with Crippen LogP contribution in [0.5, 0.6) is 0 Å². The van der Waals surface area contributed by atoms with Crippen molar-refractivity contribution in [2.45, 2.75) is 46.1 Å². The monoisotopic (exact) mass is 263 g/mol. The van der Waals surface area contributed by atoms with Gasteiger partial charge >= 0.3 is 5.97 Å². The fourth-order valence-electron chi connectivity index (χ4n) is 2.28. The summed E-state index contributed by atoms with van der Waals surface area (Å²) >= 11 is 0. The molecule has 3 nitrogen and oxygen atoms in total. The molecule has 0 saturated carbocycles. The molecular formula is C16H25NO2. The Morgan fingerprint density at radius 1 is 1.37 bits per heavy atom. The molecule has 0 bridgehead atoms. The molecule has 19 heavy (non-hydrogen) atoms. The maximum absolute atomic E-state index is 11.3.